The van der Waals surface area contributed by atoms with Crippen molar-refractivity contribution in [1.82, 2.24) is 0 Å². The third kappa shape index (κ3) is 4.16. The molecule has 0 saturated carbocycles. The Morgan fingerprint density at radius 2 is 1.13 bits per heavy atom. The van der Waals surface area contributed by atoms with Gasteiger partial charge in [-0.15, -0.1) is 0 Å². The molecule has 2 aliphatic rings. The molecule has 1 heterocycles. The van der Waals surface area contributed by atoms with Gasteiger partial charge in [-0.2, -0.15) is 0 Å². The van der Waals surface area contributed by atoms with Crippen molar-refractivity contribution in [3.63, 3.8) is 0 Å². The van der Waals surface area contributed by atoms with E-state index in [1.807, 2.05) is 12.1 Å². The second-order valence-corrected chi connectivity index (χ2v) is 16.3. The van der Waals surface area contributed by atoms with Gasteiger partial charge in [-0.05, 0) is 80.9 Å². The molecule has 1 aliphatic heterocycles. The Kier molecular flexibility index (Phi) is 6.48. The van der Waals surface area contributed by atoms with Gasteiger partial charge in [0.05, 0.1) is 11.4 Å². The second kappa shape index (κ2) is 9.99. The lowest BCUT2D eigenvalue weighted by Crippen LogP contribution is -2.31. The number of hydrogen-bond acceptors (Lipinski definition) is 4. The molecule has 0 atom stereocenters. The Labute approximate surface area is 265 Å². The van der Waals surface area contributed by atoms with E-state index in [1.165, 1.54) is 58.6 Å². The van der Waals surface area contributed by atoms with Gasteiger partial charge in [0.1, 0.15) is 0 Å². The van der Waals surface area contributed by atoms with Crippen molar-refractivity contribution in [3.8, 4) is 22.3 Å². The van der Waals surface area contributed by atoms with Gasteiger partial charge in [-0.1, -0.05) is 100 Å². The molecule has 0 spiro atoms. The summed E-state index contributed by atoms with van der Waals surface area (Å²) in [6.45, 7) is 11.7. The van der Waals surface area contributed by atoms with E-state index in [1.54, 1.807) is 12.1 Å². The van der Waals surface area contributed by atoms with Crippen molar-refractivity contribution >= 4 is 40.6 Å². The largest absolute Gasteiger partial charge is 0.310 e. The van der Waals surface area contributed by atoms with Crippen LogP contribution in [-0.2, 0) is 25.0 Å². The average Bonchev–Trinajstić information content (AvgIpc) is 3.25. The van der Waals surface area contributed by atoms with Gasteiger partial charge in [0.15, 0.2) is 11.0 Å². The van der Waals surface area contributed by atoms with Crippen LogP contribution in [0.1, 0.15) is 63.8 Å². The predicted molar refractivity (Wildman–Crippen MR) is 185 cm³/mol. The van der Waals surface area contributed by atoms with Crippen LogP contribution in [0.3, 0.4) is 0 Å². The van der Waals surface area contributed by atoms with Crippen molar-refractivity contribution in [2.24, 2.45) is 0 Å². The SMILES string of the molecule is CC(=O)P(=O)(C(C)=O)c1ccc(-c2ccc3c(c2)C(C)(C)c2cc4c(cc2-3)C(C)(C)c2ccccc2N4c2ccccc2)cc1. The minimum Gasteiger partial charge on any atom is -0.310 e. The summed E-state index contributed by atoms with van der Waals surface area (Å²) in [4.78, 5) is 26.8. The van der Waals surface area contributed by atoms with Crippen molar-refractivity contribution < 1.29 is 14.2 Å². The highest BCUT2D eigenvalue weighted by molar-refractivity contribution is 7.99. The van der Waals surface area contributed by atoms with Gasteiger partial charge in [0, 0.05) is 35.7 Å². The Morgan fingerprint density at radius 3 is 1.80 bits per heavy atom. The minimum absolute atomic E-state index is 0.194. The van der Waals surface area contributed by atoms with Gasteiger partial charge in [-0.3, -0.25) is 9.59 Å². The number of hydrogen-bond donors (Lipinski definition) is 0. The quantitative estimate of drug-likeness (QED) is 0.186. The van der Waals surface area contributed by atoms with Gasteiger partial charge in [0.2, 0.25) is 7.14 Å². The molecular weight excluding hydrogens is 573 g/mol. The fraction of sp³-hybridized carbons (Fsp3) is 0.200. The summed E-state index contributed by atoms with van der Waals surface area (Å²) in [5, 5.41) is 0.289. The van der Waals surface area contributed by atoms with Crippen LogP contribution in [0, 0.1) is 0 Å². The van der Waals surface area contributed by atoms with Crippen molar-refractivity contribution in [3.05, 3.63) is 131 Å². The van der Waals surface area contributed by atoms with Crippen molar-refractivity contribution in [2.75, 3.05) is 4.90 Å². The highest BCUT2D eigenvalue weighted by atomic mass is 31.2. The highest BCUT2D eigenvalue weighted by Crippen LogP contribution is 2.57. The normalized spacial score (nSPS) is 15.5. The first-order valence-corrected chi connectivity index (χ1v) is 17.1. The molecule has 224 valence electrons. The average molecular weight is 610 g/mol. The molecule has 0 radical (unpaired) electrons. The summed E-state index contributed by atoms with van der Waals surface area (Å²) in [7, 11) is -3.75. The van der Waals surface area contributed by atoms with Crippen molar-refractivity contribution in [1.29, 1.82) is 0 Å². The molecule has 5 heteroatoms. The zero-order valence-corrected chi connectivity index (χ0v) is 27.4. The molecule has 5 aromatic carbocycles. The van der Waals surface area contributed by atoms with E-state index < -0.39 is 18.2 Å². The maximum Gasteiger partial charge on any atom is 0.238 e. The lowest BCUT2D eigenvalue weighted by atomic mass is 9.72. The predicted octanol–water partition coefficient (Wildman–Crippen LogP) is 9.85. The fourth-order valence-corrected chi connectivity index (χ4v) is 9.15. The molecule has 0 aromatic heterocycles. The number of benzene rings is 5. The van der Waals surface area contributed by atoms with E-state index >= 15 is 0 Å². The minimum atomic E-state index is -3.75. The zero-order chi connectivity index (χ0) is 31.9. The standard InChI is InChI=1S/C40H36NO3P/c1-25(42)45(44,26(2)43)30-19-16-27(17-20-30)28-18-21-31-32-23-36-38(24-35(32)40(5,6)34(31)22-28)41(29-12-8-7-9-13-29)37-15-11-10-14-33(37)39(36,3)4/h7-24H,1-6H3. The van der Waals surface area contributed by atoms with E-state index in [9.17, 15) is 14.2 Å². The van der Waals surface area contributed by atoms with Crippen LogP contribution in [0.25, 0.3) is 22.3 Å². The zero-order valence-electron chi connectivity index (χ0n) is 26.5. The molecule has 7 rings (SSSR count). The third-order valence-electron chi connectivity index (χ3n) is 9.99. The second-order valence-electron chi connectivity index (χ2n) is 13.3. The lowest BCUT2D eigenvalue weighted by molar-refractivity contribution is -0.112. The van der Waals surface area contributed by atoms with Crippen LogP contribution in [0.4, 0.5) is 17.1 Å². The number of nitrogens with zero attached hydrogens (tertiary/aromatic N) is 1. The summed E-state index contributed by atoms with van der Waals surface area (Å²) < 4.78 is 13.3. The van der Waals surface area contributed by atoms with Crippen LogP contribution in [0.2, 0.25) is 0 Å². The molecule has 4 nitrogen and oxygen atoms in total. The molecule has 0 N–H and O–H groups in total. The Bertz CT molecular complexity index is 2070. The first-order valence-electron chi connectivity index (χ1n) is 15.4. The van der Waals surface area contributed by atoms with Crippen LogP contribution >= 0.6 is 7.14 Å². The topological polar surface area (TPSA) is 54.5 Å². The van der Waals surface area contributed by atoms with E-state index in [4.69, 9.17) is 0 Å². The van der Waals surface area contributed by atoms with E-state index in [2.05, 4.69) is 118 Å². The van der Waals surface area contributed by atoms with E-state index in [0.29, 0.717) is 0 Å². The summed E-state index contributed by atoms with van der Waals surface area (Å²) >= 11 is 0. The molecule has 0 saturated heterocycles. The number of anilines is 3. The van der Waals surface area contributed by atoms with Crippen LogP contribution in [0.15, 0.2) is 109 Å². The van der Waals surface area contributed by atoms with Crippen LogP contribution < -0.4 is 10.2 Å². The summed E-state index contributed by atoms with van der Waals surface area (Å²) in [5.74, 6) is 0. The Hall–Kier alpha value is -4.53. The molecule has 0 unspecified atom stereocenters. The molecule has 1 aliphatic carbocycles. The summed E-state index contributed by atoms with van der Waals surface area (Å²) in [6.07, 6.45) is 0. The fourth-order valence-electron chi connectivity index (χ4n) is 7.41. The van der Waals surface area contributed by atoms with Crippen LogP contribution in [-0.4, -0.2) is 11.0 Å². The molecule has 0 amide bonds. The Morgan fingerprint density at radius 1 is 0.556 bits per heavy atom. The summed E-state index contributed by atoms with van der Waals surface area (Å²) in [6, 6.07) is 37.8. The smallest absolute Gasteiger partial charge is 0.238 e. The highest BCUT2D eigenvalue weighted by Gasteiger charge is 2.42. The van der Waals surface area contributed by atoms with Gasteiger partial charge in [-0.25, -0.2) is 0 Å². The number of rotatable bonds is 5. The monoisotopic (exact) mass is 609 g/mol. The van der Waals surface area contributed by atoms with Gasteiger partial charge >= 0.3 is 0 Å². The van der Waals surface area contributed by atoms with Gasteiger partial charge in [0.25, 0.3) is 0 Å². The maximum absolute atomic E-state index is 13.3. The maximum atomic E-state index is 13.3. The van der Waals surface area contributed by atoms with E-state index in [-0.39, 0.29) is 16.1 Å². The Balaban J connectivity index is 1.36. The number of carbonyl (C=O) groups is 2. The van der Waals surface area contributed by atoms with Gasteiger partial charge < -0.3 is 9.46 Å². The third-order valence-corrected chi connectivity index (χ3v) is 12.8. The van der Waals surface area contributed by atoms with Crippen molar-refractivity contribution in [2.45, 2.75) is 52.4 Å². The molecule has 45 heavy (non-hydrogen) atoms. The number of para-hydroxylation sites is 2. The number of fused-ring (bicyclic) bond motifs is 5. The molecule has 0 bridgehead atoms. The van der Waals surface area contributed by atoms with Crippen LogP contribution in [0.5, 0.6) is 0 Å². The van der Waals surface area contributed by atoms with E-state index in [0.717, 1.165) is 16.8 Å². The number of carbonyl (C=O) groups excluding carboxylic acids is 2. The molecule has 0 fully saturated rings. The first-order chi connectivity index (χ1) is 21.4. The molecule has 5 aromatic rings. The first kappa shape index (κ1) is 29.2. The molecular formula is C40H36NO3P. The lowest BCUT2D eigenvalue weighted by Gasteiger charge is -2.42. The summed E-state index contributed by atoms with van der Waals surface area (Å²) in [5.41, 5.74) is 11.6.